The van der Waals surface area contributed by atoms with Crippen molar-refractivity contribution in [2.45, 2.75) is 51.4 Å². The number of hydrogen-bond acceptors (Lipinski definition) is 10. The Bertz CT molecular complexity index is 979. The van der Waals surface area contributed by atoms with E-state index < -0.39 is 11.7 Å². The Balaban J connectivity index is 1.46. The molecule has 4 heterocycles. The van der Waals surface area contributed by atoms with Crippen molar-refractivity contribution in [2.75, 3.05) is 13.1 Å². The Kier molecular flexibility index (Phi) is 5.89. The first-order valence-electron chi connectivity index (χ1n) is 9.98. The summed E-state index contributed by atoms with van der Waals surface area (Å²) in [4.78, 5) is 22.5. The molecule has 164 valence electrons. The fraction of sp³-hybridized carbons (Fsp3) is 0.526. The number of piperidine rings is 1. The molecular formula is C19H24N8O4. The number of nitrogens with one attached hydrogen (secondary N) is 1. The van der Waals surface area contributed by atoms with Gasteiger partial charge in [0.25, 0.3) is 0 Å². The molecule has 0 unspecified atom stereocenters. The lowest BCUT2D eigenvalue weighted by Gasteiger charge is -2.34. The lowest BCUT2D eigenvalue weighted by atomic mass is 10.1. The van der Waals surface area contributed by atoms with Crippen LogP contribution in [0.5, 0.6) is 0 Å². The first-order chi connectivity index (χ1) is 14.9. The summed E-state index contributed by atoms with van der Waals surface area (Å²) < 4.78 is 16.8. The molecule has 0 aliphatic carbocycles. The number of rotatable bonds is 5. The SMILES string of the molecule is CC(C)(C)OC(=O)N1CCC(O[C@@H](c2ccnc(-c3nn[nH]n3)c2)c2ncon2)CC1. The van der Waals surface area contributed by atoms with Crippen molar-refractivity contribution in [1.29, 1.82) is 0 Å². The lowest BCUT2D eigenvalue weighted by Crippen LogP contribution is -2.43. The first kappa shape index (κ1) is 20.8. The lowest BCUT2D eigenvalue weighted by molar-refractivity contribution is -0.0368. The average molecular weight is 428 g/mol. The maximum absolute atomic E-state index is 12.3. The van der Waals surface area contributed by atoms with Crippen LogP contribution in [0.4, 0.5) is 4.79 Å². The standard InChI is InChI=1S/C19H24N8O4/c1-19(2,3)31-18(28)27-8-5-13(6-9-27)30-15(17-21-11-29-24-17)12-4-7-20-14(10-12)16-22-25-26-23-16/h4,7,10-11,13,15H,5-6,8-9H2,1-3H3,(H,22,23,25,26)/t15-/m0/s1. The molecule has 12 heteroatoms. The third-order valence-corrected chi connectivity index (χ3v) is 4.70. The van der Waals surface area contributed by atoms with E-state index in [0.717, 1.165) is 5.56 Å². The van der Waals surface area contributed by atoms with Crippen LogP contribution in [0.15, 0.2) is 29.2 Å². The highest BCUT2D eigenvalue weighted by molar-refractivity contribution is 5.68. The van der Waals surface area contributed by atoms with Gasteiger partial charge in [0.05, 0.1) is 6.10 Å². The molecule has 1 N–H and O–H groups in total. The van der Waals surface area contributed by atoms with Gasteiger partial charge in [0.15, 0.2) is 0 Å². The molecule has 31 heavy (non-hydrogen) atoms. The number of likely N-dealkylation sites (tertiary alicyclic amines) is 1. The maximum Gasteiger partial charge on any atom is 0.410 e. The van der Waals surface area contributed by atoms with E-state index in [1.165, 1.54) is 6.39 Å². The summed E-state index contributed by atoms with van der Waals surface area (Å²) in [6, 6.07) is 3.63. The van der Waals surface area contributed by atoms with E-state index in [2.05, 4.69) is 35.7 Å². The van der Waals surface area contributed by atoms with Crippen LogP contribution in [0.25, 0.3) is 11.5 Å². The number of amides is 1. The molecule has 0 bridgehead atoms. The van der Waals surface area contributed by atoms with Crippen LogP contribution in [-0.2, 0) is 9.47 Å². The Labute approximate surface area is 178 Å². The van der Waals surface area contributed by atoms with E-state index in [-0.39, 0.29) is 12.2 Å². The number of carbonyl (C=O) groups excluding carboxylic acids is 1. The molecule has 4 rings (SSSR count). The number of H-pyrrole nitrogens is 1. The average Bonchev–Trinajstić information content (AvgIpc) is 3.45. The number of hydrogen-bond donors (Lipinski definition) is 1. The Morgan fingerprint density at radius 3 is 2.74 bits per heavy atom. The summed E-state index contributed by atoms with van der Waals surface area (Å²) >= 11 is 0. The molecule has 1 aliphatic heterocycles. The number of aromatic nitrogens is 7. The zero-order chi connectivity index (χ0) is 21.8. The number of tetrazole rings is 1. The number of nitrogens with zero attached hydrogens (tertiary/aromatic N) is 7. The monoisotopic (exact) mass is 428 g/mol. The van der Waals surface area contributed by atoms with Gasteiger partial charge in [-0.3, -0.25) is 4.98 Å². The van der Waals surface area contributed by atoms with E-state index in [9.17, 15) is 4.79 Å². The van der Waals surface area contributed by atoms with E-state index in [0.29, 0.717) is 43.3 Å². The molecule has 1 atom stereocenters. The second-order valence-electron chi connectivity index (χ2n) is 8.18. The van der Waals surface area contributed by atoms with Gasteiger partial charge in [-0.25, -0.2) is 4.79 Å². The largest absolute Gasteiger partial charge is 0.444 e. The second-order valence-corrected chi connectivity index (χ2v) is 8.18. The number of aromatic amines is 1. The van der Waals surface area contributed by atoms with Crippen molar-refractivity contribution in [1.82, 2.24) is 40.6 Å². The summed E-state index contributed by atoms with van der Waals surface area (Å²) in [5.74, 6) is 0.777. The highest BCUT2D eigenvalue weighted by Gasteiger charge is 2.30. The van der Waals surface area contributed by atoms with Crippen LogP contribution in [0.2, 0.25) is 0 Å². The number of carbonyl (C=O) groups is 1. The third kappa shape index (κ3) is 5.20. The molecule has 0 saturated carbocycles. The molecule has 1 saturated heterocycles. The minimum absolute atomic E-state index is 0.0935. The predicted molar refractivity (Wildman–Crippen MR) is 105 cm³/mol. The second kappa shape index (κ2) is 8.76. The highest BCUT2D eigenvalue weighted by atomic mass is 16.6. The molecule has 12 nitrogen and oxygen atoms in total. The zero-order valence-corrected chi connectivity index (χ0v) is 17.6. The molecule has 1 amide bonds. The van der Waals surface area contributed by atoms with Crippen molar-refractivity contribution >= 4 is 6.09 Å². The van der Waals surface area contributed by atoms with Crippen molar-refractivity contribution in [2.24, 2.45) is 0 Å². The smallest absolute Gasteiger partial charge is 0.410 e. The van der Waals surface area contributed by atoms with Gasteiger partial charge in [0, 0.05) is 19.3 Å². The van der Waals surface area contributed by atoms with Crippen molar-refractivity contribution in [3.8, 4) is 11.5 Å². The van der Waals surface area contributed by atoms with E-state index in [4.69, 9.17) is 14.0 Å². The minimum atomic E-state index is -0.564. The van der Waals surface area contributed by atoms with E-state index in [1.54, 1.807) is 11.1 Å². The van der Waals surface area contributed by atoms with Crippen LogP contribution in [0.3, 0.4) is 0 Å². The van der Waals surface area contributed by atoms with Crippen molar-refractivity contribution in [3.05, 3.63) is 36.1 Å². The predicted octanol–water partition coefficient (Wildman–Crippen LogP) is 2.15. The van der Waals surface area contributed by atoms with Gasteiger partial charge in [0.1, 0.15) is 17.4 Å². The molecule has 0 aromatic carbocycles. The van der Waals surface area contributed by atoms with Crippen LogP contribution >= 0.6 is 0 Å². The van der Waals surface area contributed by atoms with Crippen molar-refractivity contribution in [3.63, 3.8) is 0 Å². The molecule has 1 fully saturated rings. The van der Waals surface area contributed by atoms with Crippen LogP contribution in [0.1, 0.15) is 51.1 Å². The first-order valence-corrected chi connectivity index (χ1v) is 9.98. The maximum atomic E-state index is 12.3. The molecule has 0 spiro atoms. The Morgan fingerprint density at radius 1 is 1.29 bits per heavy atom. The Hall–Kier alpha value is -3.41. The summed E-state index contributed by atoms with van der Waals surface area (Å²) in [5, 5.41) is 17.9. The van der Waals surface area contributed by atoms with Gasteiger partial charge >= 0.3 is 6.09 Å². The van der Waals surface area contributed by atoms with E-state index in [1.807, 2.05) is 32.9 Å². The molecule has 1 aliphatic rings. The third-order valence-electron chi connectivity index (χ3n) is 4.70. The van der Waals surface area contributed by atoms with Gasteiger partial charge in [-0.05, 0) is 56.5 Å². The van der Waals surface area contributed by atoms with Crippen LogP contribution < -0.4 is 0 Å². The minimum Gasteiger partial charge on any atom is -0.444 e. The van der Waals surface area contributed by atoms with Gasteiger partial charge < -0.3 is 18.9 Å². The summed E-state index contributed by atoms with van der Waals surface area (Å²) in [6.45, 7) is 6.65. The summed E-state index contributed by atoms with van der Waals surface area (Å²) in [5.41, 5.74) is 0.806. The number of ether oxygens (including phenoxy) is 2. The zero-order valence-electron chi connectivity index (χ0n) is 17.6. The molecule has 0 radical (unpaired) electrons. The fourth-order valence-corrected chi connectivity index (χ4v) is 3.28. The molecular weight excluding hydrogens is 404 g/mol. The summed E-state index contributed by atoms with van der Waals surface area (Å²) in [6.07, 6.45) is 3.27. The van der Waals surface area contributed by atoms with Gasteiger partial charge in [-0.1, -0.05) is 5.16 Å². The van der Waals surface area contributed by atoms with Gasteiger partial charge in [0.2, 0.25) is 18.0 Å². The summed E-state index contributed by atoms with van der Waals surface area (Å²) in [7, 11) is 0. The normalized spacial score (nSPS) is 16.3. The van der Waals surface area contributed by atoms with Crippen LogP contribution in [0, 0.1) is 0 Å². The van der Waals surface area contributed by atoms with Crippen molar-refractivity contribution < 1.29 is 18.8 Å². The van der Waals surface area contributed by atoms with E-state index >= 15 is 0 Å². The quantitative estimate of drug-likeness (QED) is 0.641. The van der Waals surface area contributed by atoms with Gasteiger partial charge in [-0.15, -0.1) is 10.2 Å². The van der Waals surface area contributed by atoms with Gasteiger partial charge in [-0.2, -0.15) is 10.2 Å². The number of pyridine rings is 1. The topological polar surface area (TPSA) is 145 Å². The van der Waals surface area contributed by atoms with Crippen LogP contribution in [-0.4, -0.2) is 71.5 Å². The Morgan fingerprint density at radius 2 is 2.10 bits per heavy atom. The molecule has 3 aromatic rings. The fourth-order valence-electron chi connectivity index (χ4n) is 3.28. The molecule has 3 aromatic heterocycles. The highest BCUT2D eigenvalue weighted by Crippen LogP contribution is 2.29.